The van der Waals surface area contributed by atoms with Crippen molar-refractivity contribution >= 4 is 0 Å². The van der Waals surface area contributed by atoms with Crippen LogP contribution in [0.4, 0.5) is 0 Å². The third kappa shape index (κ3) is 2.73. The van der Waals surface area contributed by atoms with Gasteiger partial charge in [-0.2, -0.15) is 0 Å². The molecule has 0 aliphatic heterocycles. The van der Waals surface area contributed by atoms with Crippen molar-refractivity contribution < 1.29 is 0 Å². The van der Waals surface area contributed by atoms with E-state index < -0.39 is 0 Å². The first-order valence-corrected chi connectivity index (χ1v) is 6.65. The lowest BCUT2D eigenvalue weighted by Gasteiger charge is -2.36. The molecule has 2 fully saturated rings. The molecule has 2 nitrogen and oxygen atoms in total. The fourth-order valence-electron chi connectivity index (χ4n) is 3.00. The largest absolute Gasteiger partial charge is 0.315 e. The Kier molecular flexibility index (Phi) is 3.68. The van der Waals surface area contributed by atoms with Crippen LogP contribution in [0.25, 0.3) is 0 Å². The van der Waals surface area contributed by atoms with E-state index in [4.69, 9.17) is 0 Å². The van der Waals surface area contributed by atoms with Crippen molar-refractivity contribution in [2.45, 2.75) is 64.1 Å². The lowest BCUT2D eigenvalue weighted by molar-refractivity contribution is 0.129. The molecule has 2 heteroatoms. The van der Waals surface area contributed by atoms with E-state index in [-0.39, 0.29) is 0 Å². The summed E-state index contributed by atoms with van der Waals surface area (Å²) in [6.07, 6.45) is 7.12. The molecule has 0 saturated heterocycles. The van der Waals surface area contributed by atoms with Gasteiger partial charge in [-0.15, -0.1) is 0 Å². The van der Waals surface area contributed by atoms with Crippen LogP contribution in [0.1, 0.15) is 46.0 Å². The summed E-state index contributed by atoms with van der Waals surface area (Å²) in [5, 5.41) is 3.50. The Morgan fingerprint density at radius 1 is 1.20 bits per heavy atom. The molecule has 0 spiro atoms. The third-order valence-electron chi connectivity index (χ3n) is 4.11. The van der Waals surface area contributed by atoms with Crippen LogP contribution in [-0.2, 0) is 0 Å². The van der Waals surface area contributed by atoms with E-state index in [1.807, 2.05) is 0 Å². The van der Waals surface area contributed by atoms with Crippen LogP contribution in [0.15, 0.2) is 0 Å². The lowest BCUT2D eigenvalue weighted by atomic mass is 10.1. The maximum atomic E-state index is 3.50. The van der Waals surface area contributed by atoms with Crippen molar-refractivity contribution in [3.8, 4) is 0 Å². The minimum atomic E-state index is 0.713. The van der Waals surface area contributed by atoms with Crippen LogP contribution in [0.3, 0.4) is 0 Å². The Morgan fingerprint density at radius 3 is 2.47 bits per heavy atom. The maximum absolute atomic E-state index is 3.50. The topological polar surface area (TPSA) is 15.3 Å². The Morgan fingerprint density at radius 2 is 1.93 bits per heavy atom. The normalized spacial score (nSPS) is 31.8. The first kappa shape index (κ1) is 11.4. The standard InChI is InChI=1S/C13H26N2/c1-10(2)15(9-11-7-8-11)13-6-4-5-12(13)14-3/h10-14H,4-9H2,1-3H3. The van der Waals surface area contributed by atoms with E-state index in [0.717, 1.165) is 18.0 Å². The van der Waals surface area contributed by atoms with Crippen LogP contribution in [0, 0.1) is 5.92 Å². The summed E-state index contributed by atoms with van der Waals surface area (Å²) in [5.41, 5.74) is 0. The van der Waals surface area contributed by atoms with E-state index in [9.17, 15) is 0 Å². The molecule has 0 amide bonds. The molecule has 15 heavy (non-hydrogen) atoms. The number of rotatable bonds is 5. The number of hydrogen-bond acceptors (Lipinski definition) is 2. The summed E-state index contributed by atoms with van der Waals surface area (Å²) in [5.74, 6) is 1.02. The maximum Gasteiger partial charge on any atom is 0.0252 e. The van der Waals surface area contributed by atoms with Gasteiger partial charge >= 0.3 is 0 Å². The van der Waals surface area contributed by atoms with Crippen molar-refractivity contribution in [1.29, 1.82) is 0 Å². The van der Waals surface area contributed by atoms with Crippen molar-refractivity contribution in [3.63, 3.8) is 0 Å². The van der Waals surface area contributed by atoms with Gasteiger partial charge in [0.05, 0.1) is 0 Å². The minimum Gasteiger partial charge on any atom is -0.315 e. The molecule has 0 heterocycles. The van der Waals surface area contributed by atoms with Gasteiger partial charge in [-0.05, 0) is 52.5 Å². The summed E-state index contributed by atoms with van der Waals surface area (Å²) < 4.78 is 0. The van der Waals surface area contributed by atoms with Gasteiger partial charge in [-0.1, -0.05) is 6.42 Å². The molecule has 2 aliphatic carbocycles. The molecule has 0 aromatic carbocycles. The first-order chi connectivity index (χ1) is 7.22. The Labute approximate surface area is 94.4 Å². The predicted octanol–water partition coefficient (Wildman–Crippen LogP) is 2.25. The Bertz CT molecular complexity index is 199. The second-order valence-corrected chi connectivity index (χ2v) is 5.63. The zero-order valence-electron chi connectivity index (χ0n) is 10.5. The SMILES string of the molecule is CNC1CCCC1N(CC1CC1)C(C)C. The van der Waals surface area contributed by atoms with E-state index >= 15 is 0 Å². The predicted molar refractivity (Wildman–Crippen MR) is 65.1 cm³/mol. The number of nitrogens with one attached hydrogen (secondary N) is 1. The second kappa shape index (κ2) is 4.84. The quantitative estimate of drug-likeness (QED) is 0.749. The van der Waals surface area contributed by atoms with Gasteiger partial charge < -0.3 is 5.32 Å². The van der Waals surface area contributed by atoms with Crippen LogP contribution < -0.4 is 5.32 Å². The van der Waals surface area contributed by atoms with Crippen LogP contribution in [0.2, 0.25) is 0 Å². The molecule has 2 aliphatic rings. The Balaban J connectivity index is 1.95. The molecule has 0 aromatic rings. The molecular weight excluding hydrogens is 184 g/mol. The van der Waals surface area contributed by atoms with Gasteiger partial charge in [0.1, 0.15) is 0 Å². The molecule has 2 atom stereocenters. The van der Waals surface area contributed by atoms with Gasteiger partial charge in [0.2, 0.25) is 0 Å². The highest BCUT2D eigenvalue weighted by Crippen LogP contribution is 2.33. The highest BCUT2D eigenvalue weighted by Gasteiger charge is 2.35. The second-order valence-electron chi connectivity index (χ2n) is 5.63. The fourth-order valence-corrected chi connectivity index (χ4v) is 3.00. The van der Waals surface area contributed by atoms with Crippen molar-refractivity contribution in [2.75, 3.05) is 13.6 Å². The molecular formula is C13H26N2. The Hall–Kier alpha value is -0.0800. The van der Waals surface area contributed by atoms with Gasteiger partial charge in [0.25, 0.3) is 0 Å². The summed E-state index contributed by atoms with van der Waals surface area (Å²) >= 11 is 0. The number of likely N-dealkylation sites (N-methyl/N-ethyl adjacent to an activating group) is 1. The van der Waals surface area contributed by atoms with Gasteiger partial charge in [0, 0.05) is 24.7 Å². The zero-order chi connectivity index (χ0) is 10.8. The smallest absolute Gasteiger partial charge is 0.0252 e. The molecule has 0 radical (unpaired) electrons. The highest BCUT2D eigenvalue weighted by atomic mass is 15.2. The number of hydrogen-bond donors (Lipinski definition) is 1. The molecule has 1 N–H and O–H groups in total. The average molecular weight is 210 g/mol. The molecule has 88 valence electrons. The van der Waals surface area contributed by atoms with E-state index in [1.165, 1.54) is 38.6 Å². The van der Waals surface area contributed by atoms with Crippen LogP contribution in [-0.4, -0.2) is 36.6 Å². The first-order valence-electron chi connectivity index (χ1n) is 6.65. The molecule has 0 bridgehead atoms. The van der Waals surface area contributed by atoms with Gasteiger partial charge in [-0.25, -0.2) is 0 Å². The summed E-state index contributed by atoms with van der Waals surface area (Å²) in [6, 6.07) is 2.26. The van der Waals surface area contributed by atoms with Gasteiger partial charge in [-0.3, -0.25) is 4.90 Å². The van der Waals surface area contributed by atoms with Crippen LogP contribution >= 0.6 is 0 Å². The minimum absolute atomic E-state index is 0.713. The van der Waals surface area contributed by atoms with E-state index in [1.54, 1.807) is 0 Å². The monoisotopic (exact) mass is 210 g/mol. The summed E-state index contributed by atoms with van der Waals surface area (Å²) in [7, 11) is 2.12. The zero-order valence-corrected chi connectivity index (χ0v) is 10.5. The van der Waals surface area contributed by atoms with Crippen LogP contribution in [0.5, 0.6) is 0 Å². The van der Waals surface area contributed by atoms with Crippen molar-refractivity contribution in [2.24, 2.45) is 5.92 Å². The molecule has 2 saturated carbocycles. The lowest BCUT2D eigenvalue weighted by Crippen LogP contribution is -2.49. The molecule has 0 aromatic heterocycles. The van der Waals surface area contributed by atoms with Gasteiger partial charge in [0.15, 0.2) is 0 Å². The van der Waals surface area contributed by atoms with E-state index in [0.29, 0.717) is 6.04 Å². The summed E-state index contributed by atoms with van der Waals surface area (Å²) in [4.78, 5) is 2.76. The summed E-state index contributed by atoms with van der Waals surface area (Å²) in [6.45, 7) is 6.06. The highest BCUT2D eigenvalue weighted by molar-refractivity contribution is 4.92. The fraction of sp³-hybridized carbons (Fsp3) is 1.00. The number of nitrogens with zero attached hydrogens (tertiary/aromatic N) is 1. The average Bonchev–Trinajstić information content (AvgIpc) is 2.91. The van der Waals surface area contributed by atoms with Crippen molar-refractivity contribution in [3.05, 3.63) is 0 Å². The third-order valence-corrected chi connectivity index (χ3v) is 4.11. The van der Waals surface area contributed by atoms with E-state index in [2.05, 4.69) is 31.1 Å². The van der Waals surface area contributed by atoms with Crippen molar-refractivity contribution in [1.82, 2.24) is 10.2 Å². The molecule has 2 unspecified atom stereocenters. The molecule has 2 rings (SSSR count).